The molecule has 290 valence electrons. The van der Waals surface area contributed by atoms with Gasteiger partial charge in [-0.15, -0.1) is 0 Å². The topological polar surface area (TPSA) is 8.17 Å². The number of rotatable bonds is 8. The van der Waals surface area contributed by atoms with Crippen molar-refractivity contribution in [1.82, 2.24) is 4.57 Å². The van der Waals surface area contributed by atoms with Gasteiger partial charge >= 0.3 is 6.85 Å². The molecule has 9 aromatic rings. The van der Waals surface area contributed by atoms with E-state index in [4.69, 9.17) is 0 Å². The summed E-state index contributed by atoms with van der Waals surface area (Å²) in [4.78, 5) is 2.73. The number of nitrogens with zero attached hydrogens (tertiary/aromatic N) is 2. The number of benzene rings is 8. The van der Waals surface area contributed by atoms with Gasteiger partial charge in [-0.1, -0.05) is 144 Å². The van der Waals surface area contributed by atoms with Gasteiger partial charge in [-0.3, -0.25) is 0 Å². The van der Waals surface area contributed by atoms with E-state index in [0.29, 0.717) is 0 Å². The molecular formula is C57H49BN2. The van der Waals surface area contributed by atoms with Gasteiger partial charge in [0, 0.05) is 38.5 Å². The molecule has 0 N–H and O–H groups in total. The van der Waals surface area contributed by atoms with E-state index >= 15 is 0 Å². The van der Waals surface area contributed by atoms with E-state index in [0.717, 1.165) is 12.8 Å². The predicted octanol–water partition coefficient (Wildman–Crippen LogP) is 13.8. The Morgan fingerprint density at radius 1 is 0.533 bits per heavy atom. The van der Waals surface area contributed by atoms with E-state index in [2.05, 4.69) is 189 Å². The maximum Gasteiger partial charge on any atom is 0.333 e. The van der Waals surface area contributed by atoms with Crippen molar-refractivity contribution in [2.24, 2.45) is 0 Å². The number of anilines is 2. The standard InChI is InChI=1S/C57H49BN2/c1-5-7-16-36-24-29-52-45(30-36)48-31-37(17-8-6-2)32-51-55(48)59(52)56-42-21-13-12-20-40(42)33-47-46-34-44-43-22-14-15-23-49(43)57(3,4)50(44)35-53(46)60(58(51)54(47)56)41-27-25-39(26-28-41)38-18-10-9-11-19-38/h9-15,18-35H,5-8,16-17H2,1-4H3. The normalized spacial score (nSPS) is 14.1. The van der Waals surface area contributed by atoms with E-state index in [1.54, 1.807) is 0 Å². The van der Waals surface area contributed by atoms with Crippen molar-refractivity contribution < 1.29 is 0 Å². The van der Waals surface area contributed by atoms with E-state index in [1.807, 2.05) is 0 Å². The third-order valence-corrected chi connectivity index (χ3v) is 14.3. The van der Waals surface area contributed by atoms with Crippen LogP contribution in [0.15, 0.2) is 152 Å². The molecule has 0 atom stereocenters. The summed E-state index contributed by atoms with van der Waals surface area (Å²) in [5.41, 5.74) is 22.8. The molecule has 1 aliphatic carbocycles. The van der Waals surface area contributed by atoms with Gasteiger partial charge in [-0.05, 0) is 141 Å². The molecule has 0 fully saturated rings. The van der Waals surface area contributed by atoms with E-state index in [-0.39, 0.29) is 12.3 Å². The molecule has 3 heteroatoms. The van der Waals surface area contributed by atoms with Crippen molar-refractivity contribution in [2.45, 2.75) is 71.6 Å². The van der Waals surface area contributed by atoms with Gasteiger partial charge in [0.1, 0.15) is 0 Å². The number of aryl methyl sites for hydroxylation is 2. The lowest BCUT2D eigenvalue weighted by atomic mass is 9.43. The third-order valence-electron chi connectivity index (χ3n) is 14.3. The molecule has 3 aliphatic rings. The predicted molar refractivity (Wildman–Crippen MR) is 258 cm³/mol. The first kappa shape index (κ1) is 35.6. The van der Waals surface area contributed by atoms with E-state index in [9.17, 15) is 0 Å². The average molecular weight is 773 g/mol. The zero-order chi connectivity index (χ0) is 40.3. The maximum absolute atomic E-state index is 2.73. The lowest BCUT2D eigenvalue weighted by Crippen LogP contribution is -2.60. The molecule has 2 aliphatic heterocycles. The summed E-state index contributed by atoms with van der Waals surface area (Å²) in [6.07, 6.45) is 6.95. The van der Waals surface area contributed by atoms with Gasteiger partial charge in [0.2, 0.25) is 0 Å². The SMILES string of the molecule is CCCCc1ccc2c(c1)c1cc(CCCC)cc3c1n2-c1c2c(cc4ccccc14)-c1cc4c(cc1N(c1ccc(-c5ccccc5)cc1)B23)C(C)(C)c1ccccc1-4. The highest BCUT2D eigenvalue weighted by atomic mass is 15.1. The second-order valence-corrected chi connectivity index (χ2v) is 18.2. The first-order valence-electron chi connectivity index (χ1n) is 22.3. The molecule has 0 unspecified atom stereocenters. The van der Waals surface area contributed by atoms with Gasteiger partial charge in [-0.2, -0.15) is 0 Å². The molecule has 0 spiro atoms. The summed E-state index contributed by atoms with van der Waals surface area (Å²) in [5.74, 6) is 0. The van der Waals surface area contributed by atoms with Gasteiger partial charge in [-0.25, -0.2) is 0 Å². The van der Waals surface area contributed by atoms with E-state index in [1.165, 1.54) is 142 Å². The first-order valence-corrected chi connectivity index (χ1v) is 22.3. The summed E-state index contributed by atoms with van der Waals surface area (Å²) in [7, 11) is 0. The number of hydrogen-bond acceptors (Lipinski definition) is 1. The Labute approximate surface area is 354 Å². The molecule has 0 saturated carbocycles. The van der Waals surface area contributed by atoms with Crippen LogP contribution >= 0.6 is 0 Å². The number of aromatic nitrogens is 1. The molecule has 12 rings (SSSR count). The zero-order valence-corrected chi connectivity index (χ0v) is 35.1. The van der Waals surface area contributed by atoms with Crippen LogP contribution in [0.4, 0.5) is 11.4 Å². The van der Waals surface area contributed by atoms with Gasteiger partial charge in [0.25, 0.3) is 0 Å². The molecule has 1 aromatic heterocycles. The molecule has 3 heterocycles. The minimum Gasteiger partial charge on any atom is -0.376 e. The van der Waals surface area contributed by atoms with Crippen LogP contribution in [0, 0.1) is 0 Å². The highest BCUT2D eigenvalue weighted by Gasteiger charge is 2.46. The van der Waals surface area contributed by atoms with Crippen molar-refractivity contribution in [3.63, 3.8) is 0 Å². The molecule has 0 amide bonds. The second kappa shape index (κ2) is 13.3. The van der Waals surface area contributed by atoms with E-state index < -0.39 is 0 Å². The highest BCUT2D eigenvalue weighted by molar-refractivity contribution is 6.94. The van der Waals surface area contributed by atoms with Crippen molar-refractivity contribution in [1.29, 1.82) is 0 Å². The van der Waals surface area contributed by atoms with Crippen LogP contribution < -0.4 is 15.7 Å². The third kappa shape index (κ3) is 5.02. The molecule has 0 saturated heterocycles. The quantitative estimate of drug-likeness (QED) is 0.140. The van der Waals surface area contributed by atoms with Crippen LogP contribution in [0.2, 0.25) is 0 Å². The molecule has 60 heavy (non-hydrogen) atoms. The summed E-state index contributed by atoms with van der Waals surface area (Å²) >= 11 is 0. The Hall–Kier alpha value is -6.32. The molecule has 0 radical (unpaired) electrons. The first-order chi connectivity index (χ1) is 29.4. The largest absolute Gasteiger partial charge is 0.376 e. The fraction of sp³-hybridized carbons (Fsp3) is 0.193. The Bertz CT molecular complexity index is 3210. The van der Waals surface area contributed by atoms with Crippen LogP contribution in [0.5, 0.6) is 0 Å². The van der Waals surface area contributed by atoms with Crippen molar-refractivity contribution >= 4 is 61.7 Å². The summed E-state index contributed by atoms with van der Waals surface area (Å²) in [5, 5.41) is 5.37. The fourth-order valence-electron chi connectivity index (χ4n) is 11.3. The summed E-state index contributed by atoms with van der Waals surface area (Å²) < 4.78 is 2.68. The summed E-state index contributed by atoms with van der Waals surface area (Å²) in [6.45, 7) is 9.42. The van der Waals surface area contributed by atoms with Gasteiger partial charge in [0.05, 0.1) is 16.7 Å². The minimum absolute atomic E-state index is 0.0277. The molecular weight excluding hydrogens is 723 g/mol. The highest BCUT2D eigenvalue weighted by Crippen LogP contribution is 2.54. The maximum atomic E-state index is 2.73. The second-order valence-electron chi connectivity index (χ2n) is 18.2. The lowest BCUT2D eigenvalue weighted by molar-refractivity contribution is 0.660. The van der Waals surface area contributed by atoms with Crippen LogP contribution in [0.25, 0.3) is 71.6 Å². The molecule has 8 aromatic carbocycles. The Morgan fingerprint density at radius 3 is 2.07 bits per heavy atom. The fourth-order valence-corrected chi connectivity index (χ4v) is 11.3. The Balaban J connectivity index is 1.22. The smallest absolute Gasteiger partial charge is 0.333 e. The molecule has 2 nitrogen and oxygen atoms in total. The number of unbranched alkanes of at least 4 members (excludes halogenated alkanes) is 2. The van der Waals surface area contributed by atoms with Crippen LogP contribution in [0.1, 0.15) is 75.6 Å². The minimum atomic E-state index is -0.125. The average Bonchev–Trinajstić information content (AvgIpc) is 3.73. The monoisotopic (exact) mass is 772 g/mol. The lowest BCUT2D eigenvalue weighted by Gasteiger charge is -2.43. The van der Waals surface area contributed by atoms with Gasteiger partial charge < -0.3 is 9.38 Å². The Morgan fingerprint density at radius 2 is 1.25 bits per heavy atom. The van der Waals surface area contributed by atoms with Crippen molar-refractivity contribution in [3.05, 3.63) is 174 Å². The Kier molecular flexibility index (Phi) is 7.92. The van der Waals surface area contributed by atoms with Crippen LogP contribution in [-0.2, 0) is 18.3 Å². The molecule has 0 bridgehead atoms. The zero-order valence-electron chi connectivity index (χ0n) is 35.1. The summed E-state index contributed by atoms with van der Waals surface area (Å²) in [6, 6.07) is 58.7. The van der Waals surface area contributed by atoms with Crippen LogP contribution in [-0.4, -0.2) is 11.4 Å². The van der Waals surface area contributed by atoms with Gasteiger partial charge in [0.15, 0.2) is 0 Å². The van der Waals surface area contributed by atoms with Crippen molar-refractivity contribution in [3.8, 4) is 39.1 Å². The van der Waals surface area contributed by atoms with Crippen molar-refractivity contribution in [2.75, 3.05) is 4.81 Å². The van der Waals surface area contributed by atoms with Crippen LogP contribution in [0.3, 0.4) is 0 Å². The number of fused-ring (bicyclic) bond motifs is 12. The number of hydrogen-bond donors (Lipinski definition) is 0.